The Labute approximate surface area is 117 Å². The van der Waals surface area contributed by atoms with Gasteiger partial charge in [-0.1, -0.05) is 6.07 Å². The highest BCUT2D eigenvalue weighted by Crippen LogP contribution is 2.10. The Morgan fingerprint density at radius 3 is 2.45 bits per heavy atom. The molecule has 20 heavy (non-hydrogen) atoms. The average Bonchev–Trinajstić information content (AvgIpc) is 2.35. The van der Waals surface area contributed by atoms with Gasteiger partial charge in [-0.05, 0) is 32.9 Å². The lowest BCUT2D eigenvalue weighted by atomic mass is 10.1. The first-order chi connectivity index (χ1) is 9.31. The van der Waals surface area contributed by atoms with E-state index < -0.39 is 17.8 Å². The normalized spacial score (nSPS) is 12.2. The Morgan fingerprint density at radius 1 is 1.30 bits per heavy atom. The molecule has 2 amide bonds. The van der Waals surface area contributed by atoms with Crippen molar-refractivity contribution in [2.45, 2.75) is 39.4 Å². The minimum absolute atomic E-state index is 0.0540. The molecule has 1 aromatic carbocycles. The van der Waals surface area contributed by atoms with Gasteiger partial charge in [-0.2, -0.15) is 0 Å². The van der Waals surface area contributed by atoms with Crippen molar-refractivity contribution in [2.75, 3.05) is 0 Å². The molecule has 0 aliphatic heterocycles. The topological polar surface area (TPSA) is 84.2 Å². The van der Waals surface area contributed by atoms with E-state index in [4.69, 9.17) is 5.73 Å². The van der Waals surface area contributed by atoms with Gasteiger partial charge in [0.15, 0.2) is 0 Å². The summed E-state index contributed by atoms with van der Waals surface area (Å²) in [6, 6.07) is 3.65. The summed E-state index contributed by atoms with van der Waals surface area (Å²) < 4.78 is 13.7. The third-order valence-electron chi connectivity index (χ3n) is 2.76. The van der Waals surface area contributed by atoms with Crippen molar-refractivity contribution in [3.05, 3.63) is 35.1 Å². The first-order valence-corrected chi connectivity index (χ1v) is 6.43. The van der Waals surface area contributed by atoms with Crippen LogP contribution in [-0.2, 0) is 11.3 Å². The Bertz CT molecular complexity index is 503. The molecule has 1 unspecified atom stereocenters. The lowest BCUT2D eigenvalue weighted by Gasteiger charge is -2.16. The first kappa shape index (κ1) is 16.1. The number of rotatable bonds is 6. The molecule has 1 aromatic rings. The first-order valence-electron chi connectivity index (χ1n) is 6.43. The number of carbonyl (C=O) groups excluding carboxylic acids is 2. The van der Waals surface area contributed by atoms with Crippen LogP contribution in [0.3, 0.4) is 0 Å². The van der Waals surface area contributed by atoms with Gasteiger partial charge >= 0.3 is 0 Å². The molecule has 0 aromatic heterocycles. The number of nitrogens with one attached hydrogen (secondary N) is 2. The molecule has 0 heterocycles. The zero-order chi connectivity index (χ0) is 15.3. The van der Waals surface area contributed by atoms with E-state index in [1.807, 2.05) is 13.8 Å². The maximum Gasteiger partial charge on any atom is 0.248 e. The van der Waals surface area contributed by atoms with Crippen molar-refractivity contribution in [1.82, 2.24) is 10.6 Å². The highest BCUT2D eigenvalue weighted by atomic mass is 19.1. The van der Waals surface area contributed by atoms with E-state index in [1.165, 1.54) is 12.1 Å². The fourth-order valence-corrected chi connectivity index (χ4v) is 1.61. The van der Waals surface area contributed by atoms with Crippen LogP contribution >= 0.6 is 0 Å². The van der Waals surface area contributed by atoms with Crippen molar-refractivity contribution in [2.24, 2.45) is 5.73 Å². The molecule has 0 spiro atoms. The Balaban J connectivity index is 2.62. The fourth-order valence-electron chi connectivity index (χ4n) is 1.61. The van der Waals surface area contributed by atoms with E-state index in [0.717, 1.165) is 6.07 Å². The summed E-state index contributed by atoms with van der Waals surface area (Å²) in [5, 5.41) is 5.69. The Morgan fingerprint density at radius 2 is 1.95 bits per heavy atom. The molecule has 0 bridgehead atoms. The van der Waals surface area contributed by atoms with Gasteiger partial charge in [0.25, 0.3) is 0 Å². The molecule has 6 heteroatoms. The third-order valence-corrected chi connectivity index (χ3v) is 2.76. The SMILES string of the molecule is CC(C)NC(=O)C(C)NCc1ccc(C(N)=O)cc1F. The minimum atomic E-state index is -0.673. The van der Waals surface area contributed by atoms with Crippen LogP contribution in [0.4, 0.5) is 4.39 Å². The zero-order valence-corrected chi connectivity index (χ0v) is 11.9. The fraction of sp³-hybridized carbons (Fsp3) is 0.429. The van der Waals surface area contributed by atoms with Gasteiger partial charge in [0.2, 0.25) is 11.8 Å². The average molecular weight is 281 g/mol. The number of carbonyl (C=O) groups is 2. The quantitative estimate of drug-likeness (QED) is 0.725. The maximum absolute atomic E-state index is 13.7. The van der Waals surface area contributed by atoms with Crippen LogP contribution in [-0.4, -0.2) is 23.9 Å². The second kappa shape index (κ2) is 7.00. The molecule has 0 fully saturated rings. The summed E-state index contributed by atoms with van der Waals surface area (Å²) in [7, 11) is 0. The van der Waals surface area contributed by atoms with Crippen molar-refractivity contribution >= 4 is 11.8 Å². The van der Waals surface area contributed by atoms with Gasteiger partial charge in [-0.25, -0.2) is 4.39 Å². The van der Waals surface area contributed by atoms with Gasteiger partial charge in [0, 0.05) is 23.7 Å². The van der Waals surface area contributed by atoms with Gasteiger partial charge in [-0.3, -0.25) is 9.59 Å². The van der Waals surface area contributed by atoms with Crippen LogP contribution in [0.15, 0.2) is 18.2 Å². The molecule has 0 radical (unpaired) electrons. The van der Waals surface area contributed by atoms with Crippen LogP contribution < -0.4 is 16.4 Å². The van der Waals surface area contributed by atoms with Crippen molar-refractivity contribution in [3.8, 4) is 0 Å². The smallest absolute Gasteiger partial charge is 0.248 e. The van der Waals surface area contributed by atoms with E-state index in [0.29, 0.717) is 5.56 Å². The van der Waals surface area contributed by atoms with Crippen LogP contribution in [0.25, 0.3) is 0 Å². The summed E-state index contributed by atoms with van der Waals surface area (Å²) in [4.78, 5) is 22.6. The molecule has 1 atom stereocenters. The molecule has 0 aliphatic carbocycles. The van der Waals surface area contributed by atoms with Crippen molar-refractivity contribution in [3.63, 3.8) is 0 Å². The van der Waals surface area contributed by atoms with E-state index in [-0.39, 0.29) is 24.1 Å². The van der Waals surface area contributed by atoms with E-state index in [9.17, 15) is 14.0 Å². The van der Waals surface area contributed by atoms with Crippen molar-refractivity contribution in [1.29, 1.82) is 0 Å². The summed E-state index contributed by atoms with van der Waals surface area (Å²) in [6.07, 6.45) is 0. The lowest BCUT2D eigenvalue weighted by Crippen LogP contribution is -2.44. The number of nitrogens with two attached hydrogens (primary N) is 1. The van der Waals surface area contributed by atoms with E-state index >= 15 is 0 Å². The van der Waals surface area contributed by atoms with Gasteiger partial charge in [0.1, 0.15) is 5.82 Å². The lowest BCUT2D eigenvalue weighted by molar-refractivity contribution is -0.123. The van der Waals surface area contributed by atoms with Gasteiger partial charge in [0.05, 0.1) is 6.04 Å². The van der Waals surface area contributed by atoms with Crippen LogP contribution in [0.5, 0.6) is 0 Å². The van der Waals surface area contributed by atoms with Crippen LogP contribution in [0.2, 0.25) is 0 Å². The second-order valence-electron chi connectivity index (χ2n) is 4.94. The maximum atomic E-state index is 13.7. The molecule has 0 aliphatic rings. The van der Waals surface area contributed by atoms with Crippen LogP contribution in [0, 0.1) is 5.82 Å². The number of hydrogen-bond donors (Lipinski definition) is 3. The second-order valence-corrected chi connectivity index (χ2v) is 4.94. The van der Waals surface area contributed by atoms with E-state index in [1.54, 1.807) is 6.92 Å². The molecule has 0 saturated carbocycles. The molecule has 4 N–H and O–H groups in total. The molecule has 110 valence electrons. The van der Waals surface area contributed by atoms with Crippen LogP contribution in [0.1, 0.15) is 36.7 Å². The Kier molecular flexibility index (Phi) is 5.64. The zero-order valence-electron chi connectivity index (χ0n) is 11.9. The largest absolute Gasteiger partial charge is 0.366 e. The third kappa shape index (κ3) is 4.62. The summed E-state index contributed by atoms with van der Waals surface area (Å²) >= 11 is 0. The summed E-state index contributed by atoms with van der Waals surface area (Å²) in [5.41, 5.74) is 5.56. The number of amides is 2. The predicted molar refractivity (Wildman–Crippen MR) is 74.5 cm³/mol. The number of hydrogen-bond acceptors (Lipinski definition) is 3. The molecule has 0 saturated heterocycles. The summed E-state index contributed by atoms with van der Waals surface area (Å²) in [5.74, 6) is -1.34. The predicted octanol–water partition coefficient (Wildman–Crippen LogP) is 0.927. The van der Waals surface area contributed by atoms with Gasteiger partial charge in [-0.15, -0.1) is 0 Å². The van der Waals surface area contributed by atoms with Gasteiger partial charge < -0.3 is 16.4 Å². The number of primary amides is 1. The van der Waals surface area contributed by atoms with Crippen molar-refractivity contribution < 1.29 is 14.0 Å². The molecule has 5 nitrogen and oxygen atoms in total. The Hall–Kier alpha value is -1.95. The number of halogens is 1. The monoisotopic (exact) mass is 281 g/mol. The number of benzene rings is 1. The molecule has 1 rings (SSSR count). The molecular weight excluding hydrogens is 261 g/mol. The van der Waals surface area contributed by atoms with E-state index in [2.05, 4.69) is 10.6 Å². The molecular formula is C14H20FN3O2. The summed E-state index contributed by atoms with van der Waals surface area (Å²) in [6.45, 7) is 5.63. The highest BCUT2D eigenvalue weighted by Gasteiger charge is 2.14. The minimum Gasteiger partial charge on any atom is -0.366 e. The highest BCUT2D eigenvalue weighted by molar-refractivity contribution is 5.92. The standard InChI is InChI=1S/C14H20FN3O2/c1-8(2)18-14(20)9(3)17-7-11-5-4-10(13(16)19)6-12(11)15/h4-6,8-9,17H,7H2,1-3H3,(H2,16,19)(H,18,20).